The van der Waals surface area contributed by atoms with Crippen LogP contribution in [-0.4, -0.2) is 37.4 Å². The first-order chi connectivity index (χ1) is 7.88. The van der Waals surface area contributed by atoms with Gasteiger partial charge in [-0.1, -0.05) is 0 Å². The summed E-state index contributed by atoms with van der Waals surface area (Å²) in [7, 11) is -3.08. The number of hydrogen-bond acceptors (Lipinski definition) is 6. The van der Waals surface area contributed by atoms with E-state index in [-0.39, 0.29) is 18.1 Å². The Kier molecular flexibility index (Phi) is 5.03. The molecule has 6 nitrogen and oxygen atoms in total. The standard InChI is InChI=1S/C9H15N3O3S2/c1-17(14,15)5-2-7(10)9(13)12-6-8-11-3-4-16-8/h3-4,7H,2,5-6,10H2,1H3,(H,12,13). The Balaban J connectivity index is 2.32. The first-order valence-corrected chi connectivity index (χ1v) is 7.92. The highest BCUT2D eigenvalue weighted by molar-refractivity contribution is 7.90. The molecule has 0 saturated carbocycles. The molecule has 1 aromatic heterocycles. The van der Waals surface area contributed by atoms with Crippen molar-refractivity contribution in [2.75, 3.05) is 12.0 Å². The van der Waals surface area contributed by atoms with Crippen LogP contribution in [0.2, 0.25) is 0 Å². The smallest absolute Gasteiger partial charge is 0.237 e. The second-order valence-corrected chi connectivity index (χ2v) is 6.91. The number of amides is 1. The van der Waals surface area contributed by atoms with Crippen molar-refractivity contribution in [2.24, 2.45) is 5.73 Å². The molecule has 3 N–H and O–H groups in total. The molecule has 0 spiro atoms. The molecule has 0 radical (unpaired) electrons. The fourth-order valence-corrected chi connectivity index (χ4v) is 2.34. The predicted molar refractivity (Wildman–Crippen MR) is 66.3 cm³/mol. The Hall–Kier alpha value is -0.990. The second kappa shape index (κ2) is 6.08. The summed E-state index contributed by atoms with van der Waals surface area (Å²) in [5, 5.41) is 5.21. The largest absolute Gasteiger partial charge is 0.348 e. The summed E-state index contributed by atoms with van der Waals surface area (Å²) in [5.41, 5.74) is 5.57. The molecule has 1 unspecified atom stereocenters. The van der Waals surface area contributed by atoms with Gasteiger partial charge in [0, 0.05) is 17.8 Å². The molecular formula is C9H15N3O3S2. The fraction of sp³-hybridized carbons (Fsp3) is 0.556. The number of hydrogen-bond donors (Lipinski definition) is 2. The SMILES string of the molecule is CS(=O)(=O)CCC(N)C(=O)NCc1nccs1. The van der Waals surface area contributed by atoms with Gasteiger partial charge >= 0.3 is 0 Å². The zero-order chi connectivity index (χ0) is 12.9. The van der Waals surface area contributed by atoms with E-state index < -0.39 is 15.9 Å². The van der Waals surface area contributed by atoms with Gasteiger partial charge in [0.25, 0.3) is 0 Å². The van der Waals surface area contributed by atoms with Crippen LogP contribution in [0.15, 0.2) is 11.6 Å². The van der Waals surface area contributed by atoms with Gasteiger partial charge in [-0.05, 0) is 6.42 Å². The summed E-state index contributed by atoms with van der Waals surface area (Å²) in [6, 6.07) is -0.801. The third kappa shape index (κ3) is 5.76. The van der Waals surface area contributed by atoms with Crippen LogP contribution in [0, 0.1) is 0 Å². The molecule has 0 aliphatic heterocycles. The zero-order valence-corrected chi connectivity index (χ0v) is 11.1. The number of nitrogens with one attached hydrogen (secondary N) is 1. The van der Waals surface area contributed by atoms with Gasteiger partial charge in [-0.2, -0.15) is 0 Å². The lowest BCUT2D eigenvalue weighted by atomic mass is 10.2. The van der Waals surface area contributed by atoms with Crippen LogP contribution in [-0.2, 0) is 21.2 Å². The number of thiazole rings is 1. The number of carbonyl (C=O) groups is 1. The van der Waals surface area contributed by atoms with Gasteiger partial charge in [-0.15, -0.1) is 11.3 Å². The van der Waals surface area contributed by atoms with E-state index in [0.29, 0.717) is 6.54 Å². The summed E-state index contributed by atoms with van der Waals surface area (Å²) >= 11 is 1.43. The van der Waals surface area contributed by atoms with E-state index in [1.54, 1.807) is 6.20 Å². The molecule has 1 rings (SSSR count). The molecule has 0 aromatic carbocycles. The average Bonchev–Trinajstić information content (AvgIpc) is 2.74. The molecule has 0 fully saturated rings. The number of nitrogens with zero attached hydrogens (tertiary/aromatic N) is 1. The van der Waals surface area contributed by atoms with Crippen LogP contribution < -0.4 is 11.1 Å². The predicted octanol–water partition coefficient (Wildman–Crippen LogP) is -0.479. The topological polar surface area (TPSA) is 102 Å². The fourth-order valence-electron chi connectivity index (χ4n) is 1.11. The molecule has 0 aliphatic carbocycles. The van der Waals surface area contributed by atoms with Crippen LogP contribution >= 0.6 is 11.3 Å². The molecule has 1 amide bonds. The minimum Gasteiger partial charge on any atom is -0.348 e. The lowest BCUT2D eigenvalue weighted by Crippen LogP contribution is -2.41. The Morgan fingerprint density at radius 2 is 2.35 bits per heavy atom. The first-order valence-electron chi connectivity index (χ1n) is 4.98. The highest BCUT2D eigenvalue weighted by Crippen LogP contribution is 2.03. The molecule has 1 heterocycles. The van der Waals surface area contributed by atoms with Crippen molar-refractivity contribution in [3.05, 3.63) is 16.6 Å². The molecule has 96 valence electrons. The van der Waals surface area contributed by atoms with Crippen molar-refractivity contribution in [3.63, 3.8) is 0 Å². The highest BCUT2D eigenvalue weighted by Gasteiger charge is 2.15. The van der Waals surface area contributed by atoms with Gasteiger partial charge in [-0.3, -0.25) is 4.79 Å². The van der Waals surface area contributed by atoms with Crippen molar-refractivity contribution in [1.29, 1.82) is 0 Å². The lowest BCUT2D eigenvalue weighted by Gasteiger charge is -2.10. The van der Waals surface area contributed by atoms with Gasteiger partial charge in [0.15, 0.2) is 0 Å². The number of carbonyl (C=O) groups excluding carboxylic acids is 1. The molecule has 1 atom stereocenters. The summed E-state index contributed by atoms with van der Waals surface area (Å²) in [6.07, 6.45) is 2.89. The second-order valence-electron chi connectivity index (χ2n) is 3.67. The van der Waals surface area contributed by atoms with E-state index in [1.807, 2.05) is 5.38 Å². The van der Waals surface area contributed by atoms with E-state index in [4.69, 9.17) is 5.73 Å². The maximum atomic E-state index is 11.5. The van der Waals surface area contributed by atoms with Crippen molar-refractivity contribution in [2.45, 2.75) is 19.0 Å². The average molecular weight is 277 g/mol. The summed E-state index contributed by atoms with van der Waals surface area (Å²) < 4.78 is 21.8. The number of rotatable bonds is 6. The highest BCUT2D eigenvalue weighted by atomic mass is 32.2. The Bertz CT molecular complexity index is 456. The Morgan fingerprint density at radius 3 is 2.88 bits per heavy atom. The van der Waals surface area contributed by atoms with Crippen LogP contribution in [0.1, 0.15) is 11.4 Å². The van der Waals surface area contributed by atoms with Gasteiger partial charge in [0.05, 0.1) is 18.3 Å². The van der Waals surface area contributed by atoms with Crippen LogP contribution in [0.5, 0.6) is 0 Å². The molecule has 8 heteroatoms. The van der Waals surface area contributed by atoms with Gasteiger partial charge in [-0.25, -0.2) is 13.4 Å². The third-order valence-electron chi connectivity index (χ3n) is 2.03. The molecule has 0 bridgehead atoms. The Labute approximate surface area is 104 Å². The van der Waals surface area contributed by atoms with Gasteiger partial charge < -0.3 is 11.1 Å². The zero-order valence-electron chi connectivity index (χ0n) is 9.42. The molecule has 1 aromatic rings. The van der Waals surface area contributed by atoms with Crippen LogP contribution in [0.25, 0.3) is 0 Å². The molecule has 0 aliphatic rings. The van der Waals surface area contributed by atoms with E-state index in [2.05, 4.69) is 10.3 Å². The van der Waals surface area contributed by atoms with Crippen LogP contribution in [0.3, 0.4) is 0 Å². The number of sulfone groups is 1. The van der Waals surface area contributed by atoms with Gasteiger partial charge in [0.1, 0.15) is 14.8 Å². The first kappa shape index (κ1) is 14.1. The molecular weight excluding hydrogens is 262 g/mol. The van der Waals surface area contributed by atoms with E-state index >= 15 is 0 Å². The normalized spacial score (nSPS) is 13.3. The maximum absolute atomic E-state index is 11.5. The van der Waals surface area contributed by atoms with Crippen molar-refractivity contribution < 1.29 is 13.2 Å². The summed E-state index contributed by atoms with van der Waals surface area (Å²) in [4.78, 5) is 15.5. The van der Waals surface area contributed by atoms with E-state index in [9.17, 15) is 13.2 Å². The molecule has 0 saturated heterocycles. The monoisotopic (exact) mass is 277 g/mol. The lowest BCUT2D eigenvalue weighted by molar-refractivity contribution is -0.122. The quantitative estimate of drug-likeness (QED) is 0.731. The molecule has 17 heavy (non-hydrogen) atoms. The van der Waals surface area contributed by atoms with E-state index in [1.165, 1.54) is 11.3 Å². The summed E-state index contributed by atoms with van der Waals surface area (Å²) in [5.74, 6) is -0.442. The third-order valence-corrected chi connectivity index (χ3v) is 3.79. The summed E-state index contributed by atoms with van der Waals surface area (Å²) in [6.45, 7) is 0.322. The Morgan fingerprint density at radius 1 is 1.65 bits per heavy atom. The number of nitrogens with two attached hydrogens (primary N) is 1. The minimum absolute atomic E-state index is 0.0845. The minimum atomic E-state index is -3.08. The van der Waals surface area contributed by atoms with Crippen LogP contribution in [0.4, 0.5) is 0 Å². The maximum Gasteiger partial charge on any atom is 0.237 e. The van der Waals surface area contributed by atoms with Crippen molar-refractivity contribution >= 4 is 27.1 Å². The van der Waals surface area contributed by atoms with E-state index in [0.717, 1.165) is 11.3 Å². The van der Waals surface area contributed by atoms with Gasteiger partial charge in [0.2, 0.25) is 5.91 Å². The van der Waals surface area contributed by atoms with Crippen molar-refractivity contribution in [1.82, 2.24) is 10.3 Å². The van der Waals surface area contributed by atoms with Crippen molar-refractivity contribution in [3.8, 4) is 0 Å². The number of aromatic nitrogens is 1.